The molecule has 1 aromatic heterocycles. The van der Waals surface area contributed by atoms with E-state index in [-0.39, 0.29) is 43.6 Å². The Morgan fingerprint density at radius 3 is 1.74 bits per heavy atom. The number of unbranched alkanes of at least 4 members (excludes halogenated alkanes) is 15. The maximum absolute atomic E-state index is 12.1. The molecule has 1 N–H and O–H groups in total. The Morgan fingerprint density at radius 1 is 0.698 bits per heavy atom. The second-order valence-corrected chi connectivity index (χ2v) is 10.9. The number of ether oxygens (including phenoxy) is 4. The molecule has 1 amide bonds. The van der Waals surface area contributed by atoms with Crippen LogP contribution in [0.4, 0.5) is 9.59 Å². The van der Waals surface area contributed by atoms with Gasteiger partial charge in [0.1, 0.15) is 19.8 Å². The third kappa shape index (κ3) is 26.0. The van der Waals surface area contributed by atoms with Gasteiger partial charge in [0.2, 0.25) is 0 Å². The first-order valence-electron chi connectivity index (χ1n) is 16.3. The normalized spacial score (nSPS) is 11.2. The van der Waals surface area contributed by atoms with E-state index in [0.717, 1.165) is 12.8 Å². The number of rotatable bonds is 26. The molecule has 0 bridgehead atoms. The Labute approximate surface area is 277 Å². The molecular formula is C33H57IN2O7. The van der Waals surface area contributed by atoms with Crippen molar-refractivity contribution in [3.05, 3.63) is 30.6 Å². The smallest absolute Gasteiger partial charge is 0.508 e. The molecule has 0 fully saturated rings. The number of hydrogen-bond donors (Lipinski definition) is 1. The van der Waals surface area contributed by atoms with E-state index in [0.29, 0.717) is 19.5 Å². The summed E-state index contributed by atoms with van der Waals surface area (Å²) in [6.07, 6.45) is 22.9. The lowest BCUT2D eigenvalue weighted by atomic mass is 10.0. The number of amides is 1. The van der Waals surface area contributed by atoms with Crippen LogP contribution in [-0.4, -0.2) is 51.2 Å². The summed E-state index contributed by atoms with van der Waals surface area (Å²) in [4.78, 5) is 35.7. The maximum Gasteiger partial charge on any atom is 0.508 e. The lowest BCUT2D eigenvalue weighted by Crippen LogP contribution is -3.00. The van der Waals surface area contributed by atoms with E-state index in [9.17, 15) is 14.4 Å². The Morgan fingerprint density at radius 2 is 1.21 bits per heavy atom. The van der Waals surface area contributed by atoms with E-state index in [1.54, 1.807) is 0 Å². The van der Waals surface area contributed by atoms with E-state index in [1.807, 2.05) is 35.2 Å². The van der Waals surface area contributed by atoms with Gasteiger partial charge in [0.15, 0.2) is 18.5 Å². The van der Waals surface area contributed by atoms with Crippen LogP contribution in [0.15, 0.2) is 30.6 Å². The number of nitrogens with one attached hydrogen (secondary N) is 1. The highest BCUT2D eigenvalue weighted by Crippen LogP contribution is 2.13. The summed E-state index contributed by atoms with van der Waals surface area (Å²) >= 11 is 0. The number of methoxy groups -OCH3 is 1. The molecule has 0 unspecified atom stereocenters. The predicted octanol–water partition coefficient (Wildman–Crippen LogP) is 4.44. The van der Waals surface area contributed by atoms with Crippen LogP contribution in [0.1, 0.15) is 122 Å². The maximum atomic E-state index is 12.1. The first kappa shape index (κ1) is 40.9. The van der Waals surface area contributed by atoms with Crippen molar-refractivity contribution < 1.29 is 61.9 Å². The van der Waals surface area contributed by atoms with Gasteiger partial charge in [-0.25, -0.2) is 14.2 Å². The summed E-state index contributed by atoms with van der Waals surface area (Å²) in [5.74, 6) is -0.419. The van der Waals surface area contributed by atoms with Gasteiger partial charge in [-0.3, -0.25) is 4.79 Å². The summed E-state index contributed by atoms with van der Waals surface area (Å²) in [6, 6.07) is 5.77. The van der Waals surface area contributed by atoms with Gasteiger partial charge in [0.25, 0.3) is 0 Å². The van der Waals surface area contributed by atoms with Crippen LogP contribution >= 0.6 is 0 Å². The lowest BCUT2D eigenvalue weighted by Gasteiger charge is -2.17. The number of aryl methyl sites for hydroxylation is 1. The fourth-order valence-corrected chi connectivity index (χ4v) is 4.63. The van der Waals surface area contributed by atoms with Gasteiger partial charge in [-0.1, -0.05) is 109 Å². The second-order valence-electron chi connectivity index (χ2n) is 10.9. The summed E-state index contributed by atoms with van der Waals surface area (Å²) in [5, 5.41) is 2.72. The van der Waals surface area contributed by atoms with Crippen LogP contribution in [0.2, 0.25) is 0 Å². The monoisotopic (exact) mass is 720 g/mol. The third-order valence-electron chi connectivity index (χ3n) is 7.13. The Balaban J connectivity index is 0.0000176. The average molecular weight is 721 g/mol. The van der Waals surface area contributed by atoms with Crippen molar-refractivity contribution in [2.24, 2.45) is 0 Å². The Kier molecular flexibility index (Phi) is 28.5. The molecule has 0 aliphatic carbocycles. The summed E-state index contributed by atoms with van der Waals surface area (Å²) in [6.45, 7) is 3.00. The van der Waals surface area contributed by atoms with E-state index in [1.165, 1.54) is 97.0 Å². The molecule has 248 valence electrons. The SMILES string of the molecule is CCCCCCCCCCCCCCCCCCNC(=O)OC[C@H](COC(=O)CCC[n+]1ccccc1)OC(=O)OC.[I-]. The molecule has 43 heavy (non-hydrogen) atoms. The minimum atomic E-state index is -0.953. The minimum Gasteiger partial charge on any atom is -1.00 e. The fraction of sp³-hybridized carbons (Fsp3) is 0.758. The van der Waals surface area contributed by atoms with Gasteiger partial charge in [-0.05, 0) is 6.42 Å². The first-order valence-corrected chi connectivity index (χ1v) is 16.3. The van der Waals surface area contributed by atoms with Crippen molar-refractivity contribution in [1.29, 1.82) is 0 Å². The second kappa shape index (κ2) is 29.9. The summed E-state index contributed by atoms with van der Waals surface area (Å²) in [7, 11) is 1.18. The van der Waals surface area contributed by atoms with Gasteiger partial charge in [0.05, 0.1) is 13.5 Å². The van der Waals surface area contributed by atoms with Crippen molar-refractivity contribution >= 4 is 18.2 Å². The van der Waals surface area contributed by atoms with Gasteiger partial charge in [-0.2, -0.15) is 0 Å². The highest BCUT2D eigenvalue weighted by Gasteiger charge is 2.20. The van der Waals surface area contributed by atoms with Crippen LogP contribution < -0.4 is 33.9 Å². The van der Waals surface area contributed by atoms with Gasteiger partial charge < -0.3 is 48.2 Å². The van der Waals surface area contributed by atoms with E-state index >= 15 is 0 Å². The molecule has 1 aromatic rings. The van der Waals surface area contributed by atoms with E-state index in [4.69, 9.17) is 14.2 Å². The van der Waals surface area contributed by atoms with Crippen molar-refractivity contribution in [1.82, 2.24) is 5.32 Å². The molecule has 9 nitrogen and oxygen atoms in total. The van der Waals surface area contributed by atoms with Crippen LogP contribution in [0.25, 0.3) is 0 Å². The number of aromatic nitrogens is 1. The zero-order valence-corrected chi connectivity index (χ0v) is 28.9. The molecule has 0 radical (unpaired) electrons. The van der Waals surface area contributed by atoms with Crippen molar-refractivity contribution in [3.63, 3.8) is 0 Å². The highest BCUT2D eigenvalue weighted by molar-refractivity contribution is 5.69. The molecule has 0 aliphatic heterocycles. The van der Waals surface area contributed by atoms with Gasteiger partial charge >= 0.3 is 18.2 Å². The predicted molar refractivity (Wildman–Crippen MR) is 163 cm³/mol. The van der Waals surface area contributed by atoms with Crippen molar-refractivity contribution in [3.8, 4) is 0 Å². The zero-order chi connectivity index (χ0) is 30.5. The zero-order valence-electron chi connectivity index (χ0n) is 26.7. The average Bonchev–Trinajstić information content (AvgIpc) is 3.00. The Bertz CT molecular complexity index is 814. The van der Waals surface area contributed by atoms with Crippen LogP contribution in [0.3, 0.4) is 0 Å². The molecule has 0 saturated heterocycles. The van der Waals surface area contributed by atoms with E-state index in [2.05, 4.69) is 17.0 Å². The molecule has 1 rings (SSSR count). The number of alkyl carbamates (subject to hydrolysis) is 1. The number of nitrogens with zero attached hydrogens (tertiary/aromatic N) is 1. The van der Waals surface area contributed by atoms with Crippen LogP contribution in [0, 0.1) is 0 Å². The number of pyridine rings is 1. The molecular weight excluding hydrogens is 663 g/mol. The molecule has 10 heteroatoms. The molecule has 1 heterocycles. The summed E-state index contributed by atoms with van der Waals surface area (Å²) in [5.41, 5.74) is 0. The lowest BCUT2D eigenvalue weighted by molar-refractivity contribution is -0.697. The number of halogens is 1. The number of carbonyl (C=O) groups is 3. The highest BCUT2D eigenvalue weighted by atomic mass is 127. The van der Waals surface area contributed by atoms with Gasteiger partial charge in [0, 0.05) is 25.1 Å². The summed E-state index contributed by atoms with van der Waals surface area (Å²) < 4.78 is 22.0. The third-order valence-corrected chi connectivity index (χ3v) is 7.13. The number of carbonyl (C=O) groups excluding carboxylic acids is 3. The molecule has 0 aliphatic rings. The number of hydrogen-bond acceptors (Lipinski definition) is 7. The fourth-order valence-electron chi connectivity index (χ4n) is 4.63. The molecule has 0 aromatic carbocycles. The van der Waals surface area contributed by atoms with Crippen molar-refractivity contribution in [2.45, 2.75) is 135 Å². The Hall–Kier alpha value is -2.11. The quantitative estimate of drug-likeness (QED) is 0.0497. The van der Waals surface area contributed by atoms with Crippen LogP contribution in [-0.2, 0) is 30.3 Å². The molecule has 0 saturated carbocycles. The largest absolute Gasteiger partial charge is 1.00 e. The van der Waals surface area contributed by atoms with Crippen LogP contribution in [0.5, 0.6) is 0 Å². The topological polar surface area (TPSA) is 104 Å². The van der Waals surface area contributed by atoms with Gasteiger partial charge in [-0.15, -0.1) is 0 Å². The number of esters is 1. The molecule has 1 atom stereocenters. The van der Waals surface area contributed by atoms with Crippen molar-refractivity contribution in [2.75, 3.05) is 26.9 Å². The minimum absolute atomic E-state index is 0. The molecule has 0 spiro atoms. The standard InChI is InChI=1S/C33H56N2O7.HI/c1-3-4-5-6-7-8-9-10-11-12-13-14-15-16-17-19-24-34-32(37)41-29-30(42-33(38)39-2)28-40-31(36)23-22-27-35-25-20-18-21-26-35;/h18,20-21,25-26,30H,3-17,19,22-24,27-29H2,1-2H3;1H/t30-;/m0./s1. The van der Waals surface area contributed by atoms with E-state index < -0.39 is 24.3 Å². The first-order chi connectivity index (χ1) is 20.5.